The summed E-state index contributed by atoms with van der Waals surface area (Å²) in [5, 5.41) is 0. The number of aromatic nitrogens is 1. The zero-order valence-electron chi connectivity index (χ0n) is 9.98. The van der Waals surface area contributed by atoms with E-state index in [1.54, 1.807) is 0 Å². The van der Waals surface area contributed by atoms with E-state index in [0.29, 0.717) is 0 Å². The van der Waals surface area contributed by atoms with E-state index in [-0.39, 0.29) is 0 Å². The van der Waals surface area contributed by atoms with Gasteiger partial charge in [0.2, 0.25) is 0 Å². The van der Waals surface area contributed by atoms with Gasteiger partial charge < -0.3 is 4.98 Å². The Labute approximate surface area is 106 Å². The molecule has 18 heavy (non-hydrogen) atoms. The van der Waals surface area contributed by atoms with Gasteiger partial charge in [-0.2, -0.15) is 0 Å². The first kappa shape index (κ1) is 9.72. The van der Waals surface area contributed by atoms with E-state index in [4.69, 9.17) is 0 Å². The summed E-state index contributed by atoms with van der Waals surface area (Å²) in [5.41, 5.74) is 8.06. The Bertz CT molecular complexity index is 707. The Kier molecular flexibility index (Phi) is 1.95. The van der Waals surface area contributed by atoms with Crippen LogP contribution in [0.15, 0.2) is 60.8 Å². The van der Waals surface area contributed by atoms with Gasteiger partial charge in [-0.3, -0.25) is 0 Å². The number of aromatic amines is 1. The number of benzene rings is 2. The highest BCUT2D eigenvalue weighted by Gasteiger charge is 2.19. The van der Waals surface area contributed by atoms with Crippen LogP contribution >= 0.6 is 0 Å². The molecule has 0 aliphatic heterocycles. The van der Waals surface area contributed by atoms with Crippen molar-refractivity contribution in [2.24, 2.45) is 0 Å². The van der Waals surface area contributed by atoms with E-state index in [2.05, 4.69) is 59.6 Å². The summed E-state index contributed by atoms with van der Waals surface area (Å²) in [4.78, 5) is 3.35. The van der Waals surface area contributed by atoms with E-state index in [0.717, 1.165) is 6.42 Å². The Morgan fingerprint density at radius 2 is 1.67 bits per heavy atom. The highest BCUT2D eigenvalue weighted by molar-refractivity contribution is 5.79. The molecule has 0 saturated carbocycles. The van der Waals surface area contributed by atoms with Gasteiger partial charge in [-0.25, -0.2) is 0 Å². The van der Waals surface area contributed by atoms with Crippen molar-refractivity contribution in [3.05, 3.63) is 71.9 Å². The highest BCUT2D eigenvalue weighted by atomic mass is 14.7. The first-order chi connectivity index (χ1) is 8.92. The maximum absolute atomic E-state index is 3.35. The second-order valence-electron chi connectivity index (χ2n) is 4.79. The average molecular weight is 231 g/mol. The van der Waals surface area contributed by atoms with Gasteiger partial charge in [0.15, 0.2) is 0 Å². The second-order valence-corrected chi connectivity index (χ2v) is 4.79. The van der Waals surface area contributed by atoms with Gasteiger partial charge in [-0.1, -0.05) is 42.5 Å². The van der Waals surface area contributed by atoms with Crippen LogP contribution in [0.3, 0.4) is 0 Å². The van der Waals surface area contributed by atoms with Crippen molar-refractivity contribution >= 4 is 0 Å². The number of hydrogen-bond donors (Lipinski definition) is 1. The van der Waals surface area contributed by atoms with Crippen LogP contribution in [0.1, 0.15) is 11.1 Å². The fraction of sp³-hybridized carbons (Fsp3) is 0.0588. The lowest BCUT2D eigenvalue weighted by Crippen LogP contribution is -1.83. The molecule has 0 bridgehead atoms. The number of nitrogens with one attached hydrogen (secondary N) is 1. The standard InChI is InChI=1S/C17H13N/c1-2-4-12(5-3-1)13-6-7-14-10-15-8-9-18-17(15)16(14)11-13/h1-9,11,18H,10H2. The van der Waals surface area contributed by atoms with Crippen LogP contribution in [0.25, 0.3) is 22.4 Å². The minimum absolute atomic E-state index is 1.06. The first-order valence-corrected chi connectivity index (χ1v) is 6.27. The molecule has 0 saturated heterocycles. The summed E-state index contributed by atoms with van der Waals surface area (Å²) in [5.74, 6) is 0. The number of H-pyrrole nitrogens is 1. The monoisotopic (exact) mass is 231 g/mol. The van der Waals surface area contributed by atoms with Crippen molar-refractivity contribution in [2.75, 3.05) is 0 Å². The van der Waals surface area contributed by atoms with Crippen LogP contribution in [0, 0.1) is 0 Å². The molecule has 2 aromatic carbocycles. The van der Waals surface area contributed by atoms with E-state index in [1.165, 1.54) is 33.5 Å². The number of hydrogen-bond acceptors (Lipinski definition) is 0. The highest BCUT2D eigenvalue weighted by Crippen LogP contribution is 2.37. The predicted molar refractivity (Wildman–Crippen MR) is 74.5 cm³/mol. The Morgan fingerprint density at radius 1 is 0.778 bits per heavy atom. The zero-order chi connectivity index (χ0) is 11.9. The topological polar surface area (TPSA) is 15.8 Å². The van der Waals surface area contributed by atoms with Gasteiger partial charge in [0.1, 0.15) is 0 Å². The second kappa shape index (κ2) is 3.61. The summed E-state index contributed by atoms with van der Waals surface area (Å²) in [6.45, 7) is 0. The Balaban J connectivity index is 1.89. The van der Waals surface area contributed by atoms with Crippen LogP contribution in [0.5, 0.6) is 0 Å². The quantitative estimate of drug-likeness (QED) is 0.504. The van der Waals surface area contributed by atoms with Gasteiger partial charge in [-0.15, -0.1) is 0 Å². The van der Waals surface area contributed by atoms with Crippen LogP contribution in [0.2, 0.25) is 0 Å². The maximum Gasteiger partial charge on any atom is 0.0492 e. The third-order valence-corrected chi connectivity index (χ3v) is 3.70. The molecule has 0 fully saturated rings. The lowest BCUT2D eigenvalue weighted by atomic mass is 10.0. The molecule has 0 amide bonds. The molecule has 1 heterocycles. The molecule has 1 N–H and O–H groups in total. The van der Waals surface area contributed by atoms with Crippen molar-refractivity contribution in [1.82, 2.24) is 4.98 Å². The molecule has 1 aromatic heterocycles. The predicted octanol–water partition coefficient (Wildman–Crippen LogP) is 4.25. The van der Waals surface area contributed by atoms with Crippen molar-refractivity contribution in [2.45, 2.75) is 6.42 Å². The molecular weight excluding hydrogens is 218 g/mol. The third kappa shape index (κ3) is 1.34. The fourth-order valence-corrected chi connectivity index (χ4v) is 2.78. The molecular formula is C17H13N. The molecule has 0 spiro atoms. The summed E-state index contributed by atoms with van der Waals surface area (Å²) in [7, 11) is 0. The molecule has 4 rings (SSSR count). The fourth-order valence-electron chi connectivity index (χ4n) is 2.78. The van der Waals surface area contributed by atoms with E-state index < -0.39 is 0 Å². The molecule has 3 aromatic rings. The molecule has 1 aliphatic carbocycles. The van der Waals surface area contributed by atoms with Crippen LogP contribution in [0.4, 0.5) is 0 Å². The largest absolute Gasteiger partial charge is 0.361 e. The van der Waals surface area contributed by atoms with E-state index in [1.807, 2.05) is 6.20 Å². The molecule has 1 nitrogen and oxygen atoms in total. The molecule has 0 atom stereocenters. The van der Waals surface area contributed by atoms with E-state index in [9.17, 15) is 0 Å². The first-order valence-electron chi connectivity index (χ1n) is 6.27. The van der Waals surface area contributed by atoms with Crippen molar-refractivity contribution in [1.29, 1.82) is 0 Å². The van der Waals surface area contributed by atoms with Crippen LogP contribution in [-0.2, 0) is 6.42 Å². The average Bonchev–Trinajstić information content (AvgIpc) is 2.99. The summed E-state index contributed by atoms with van der Waals surface area (Å²) in [6.07, 6.45) is 3.09. The van der Waals surface area contributed by atoms with E-state index >= 15 is 0 Å². The van der Waals surface area contributed by atoms with Gasteiger partial charge in [0, 0.05) is 23.9 Å². The smallest absolute Gasteiger partial charge is 0.0492 e. The van der Waals surface area contributed by atoms with Crippen LogP contribution < -0.4 is 0 Å². The third-order valence-electron chi connectivity index (χ3n) is 3.70. The lowest BCUT2D eigenvalue weighted by molar-refractivity contribution is 1.27. The van der Waals surface area contributed by atoms with Crippen molar-refractivity contribution in [3.8, 4) is 22.4 Å². The molecule has 1 heteroatoms. The normalized spacial score (nSPS) is 12.2. The van der Waals surface area contributed by atoms with Gasteiger partial charge in [0.25, 0.3) is 0 Å². The minimum atomic E-state index is 1.06. The van der Waals surface area contributed by atoms with Crippen molar-refractivity contribution in [3.63, 3.8) is 0 Å². The maximum atomic E-state index is 3.35. The molecule has 0 unspecified atom stereocenters. The molecule has 86 valence electrons. The summed E-state index contributed by atoms with van der Waals surface area (Å²) >= 11 is 0. The summed E-state index contributed by atoms with van der Waals surface area (Å²) < 4.78 is 0. The Morgan fingerprint density at radius 3 is 2.56 bits per heavy atom. The molecule has 0 radical (unpaired) electrons. The van der Waals surface area contributed by atoms with Gasteiger partial charge >= 0.3 is 0 Å². The lowest BCUT2D eigenvalue weighted by Gasteiger charge is -2.05. The van der Waals surface area contributed by atoms with Gasteiger partial charge in [0.05, 0.1) is 0 Å². The van der Waals surface area contributed by atoms with Crippen LogP contribution in [-0.4, -0.2) is 4.98 Å². The Hall–Kier alpha value is -2.28. The minimum Gasteiger partial charge on any atom is -0.361 e. The van der Waals surface area contributed by atoms with Crippen molar-refractivity contribution < 1.29 is 0 Å². The molecule has 1 aliphatic rings. The number of rotatable bonds is 1. The van der Waals surface area contributed by atoms with Gasteiger partial charge in [-0.05, 0) is 34.4 Å². The number of fused-ring (bicyclic) bond motifs is 3. The zero-order valence-corrected chi connectivity index (χ0v) is 9.98. The summed E-state index contributed by atoms with van der Waals surface area (Å²) in [6, 6.07) is 19.5. The SMILES string of the molecule is c1ccc(-c2ccc3c(c2)-c2[nH]ccc2C3)cc1.